The van der Waals surface area contributed by atoms with E-state index in [4.69, 9.17) is 10.5 Å². The third-order valence-corrected chi connectivity index (χ3v) is 3.53. The maximum Gasteiger partial charge on any atom is 0.255 e. The van der Waals surface area contributed by atoms with Crippen molar-refractivity contribution in [3.8, 4) is 11.6 Å². The molecule has 0 spiro atoms. The van der Waals surface area contributed by atoms with Crippen molar-refractivity contribution >= 4 is 11.8 Å². The van der Waals surface area contributed by atoms with E-state index in [-0.39, 0.29) is 12.5 Å². The Bertz CT molecular complexity index is 891. The van der Waals surface area contributed by atoms with Gasteiger partial charge in [-0.15, -0.1) is 0 Å². The van der Waals surface area contributed by atoms with Crippen LogP contribution in [0.3, 0.4) is 0 Å². The van der Waals surface area contributed by atoms with E-state index < -0.39 is 5.91 Å². The summed E-state index contributed by atoms with van der Waals surface area (Å²) < 4.78 is 7.06. The lowest BCUT2D eigenvalue weighted by atomic mass is 10.2. The van der Waals surface area contributed by atoms with Crippen LogP contribution in [0.15, 0.2) is 61.3 Å². The number of aromatic nitrogens is 3. The predicted molar refractivity (Wildman–Crippen MR) is 93.7 cm³/mol. The van der Waals surface area contributed by atoms with E-state index in [1.54, 1.807) is 53.8 Å². The first-order chi connectivity index (χ1) is 12.6. The molecule has 26 heavy (non-hydrogen) atoms. The van der Waals surface area contributed by atoms with Crippen LogP contribution in [-0.4, -0.2) is 33.0 Å². The van der Waals surface area contributed by atoms with Crippen molar-refractivity contribution in [2.45, 2.75) is 6.54 Å². The number of primary amides is 1. The van der Waals surface area contributed by atoms with Gasteiger partial charge >= 0.3 is 0 Å². The van der Waals surface area contributed by atoms with E-state index in [1.165, 1.54) is 0 Å². The van der Waals surface area contributed by atoms with E-state index >= 15 is 0 Å². The number of para-hydroxylation sites is 1. The van der Waals surface area contributed by atoms with Crippen molar-refractivity contribution < 1.29 is 14.3 Å². The fraction of sp³-hybridized carbons (Fsp3) is 0.111. The summed E-state index contributed by atoms with van der Waals surface area (Å²) in [5.74, 6) is 0.119. The van der Waals surface area contributed by atoms with Gasteiger partial charge in [-0.3, -0.25) is 14.2 Å². The summed E-state index contributed by atoms with van der Waals surface area (Å²) in [5.41, 5.74) is 6.25. The summed E-state index contributed by atoms with van der Waals surface area (Å²) >= 11 is 0. The minimum absolute atomic E-state index is 0.288. The molecule has 3 aromatic rings. The molecule has 3 N–H and O–H groups in total. The van der Waals surface area contributed by atoms with Crippen LogP contribution in [0.25, 0.3) is 5.82 Å². The van der Waals surface area contributed by atoms with Gasteiger partial charge in [0.15, 0.2) is 6.61 Å². The van der Waals surface area contributed by atoms with E-state index in [0.717, 1.165) is 11.4 Å². The molecule has 0 aliphatic heterocycles. The molecule has 0 unspecified atom stereocenters. The van der Waals surface area contributed by atoms with Crippen molar-refractivity contribution in [3.05, 3.63) is 72.4 Å². The lowest BCUT2D eigenvalue weighted by molar-refractivity contribution is -0.119. The second-order valence-electron chi connectivity index (χ2n) is 5.43. The molecule has 0 fully saturated rings. The van der Waals surface area contributed by atoms with Crippen molar-refractivity contribution in [3.63, 3.8) is 0 Å². The molecule has 1 aromatic carbocycles. The smallest absolute Gasteiger partial charge is 0.255 e. The number of carbonyl (C=O) groups is 2. The third-order valence-electron chi connectivity index (χ3n) is 3.53. The Morgan fingerprint density at radius 2 is 2.04 bits per heavy atom. The Morgan fingerprint density at radius 1 is 1.19 bits per heavy atom. The highest BCUT2D eigenvalue weighted by molar-refractivity contribution is 5.97. The zero-order valence-corrected chi connectivity index (χ0v) is 13.8. The predicted octanol–water partition coefficient (Wildman–Crippen LogP) is 1.06. The first-order valence-corrected chi connectivity index (χ1v) is 7.85. The van der Waals surface area contributed by atoms with Crippen LogP contribution >= 0.6 is 0 Å². The number of pyridine rings is 1. The quantitative estimate of drug-likeness (QED) is 0.661. The standard InChI is InChI=1S/C18H17N5O3/c19-16(24)11-26-15-4-2-1-3-14(15)18(25)22-10-13-5-6-17(21-9-13)23-8-7-20-12-23/h1-9,12H,10-11H2,(H2,19,24)(H,22,25). The molecule has 0 saturated carbocycles. The molecule has 0 aliphatic carbocycles. The number of ether oxygens (including phenoxy) is 1. The number of hydrogen-bond donors (Lipinski definition) is 2. The van der Waals surface area contributed by atoms with E-state index in [9.17, 15) is 9.59 Å². The van der Waals surface area contributed by atoms with Crippen LogP contribution < -0.4 is 15.8 Å². The van der Waals surface area contributed by atoms with Gasteiger partial charge < -0.3 is 15.8 Å². The van der Waals surface area contributed by atoms with Crippen molar-refractivity contribution in [2.24, 2.45) is 5.73 Å². The SMILES string of the molecule is NC(=O)COc1ccccc1C(=O)NCc1ccc(-n2ccnc2)nc1. The fourth-order valence-corrected chi connectivity index (χ4v) is 2.28. The first-order valence-electron chi connectivity index (χ1n) is 7.85. The van der Waals surface area contributed by atoms with Gasteiger partial charge in [-0.2, -0.15) is 0 Å². The van der Waals surface area contributed by atoms with Gasteiger partial charge in [-0.05, 0) is 23.8 Å². The molecule has 2 heterocycles. The Balaban J connectivity index is 1.63. The molecular formula is C18H17N5O3. The molecule has 0 radical (unpaired) electrons. The van der Waals surface area contributed by atoms with Crippen molar-refractivity contribution in [1.29, 1.82) is 0 Å². The molecule has 2 aromatic heterocycles. The van der Waals surface area contributed by atoms with Crippen molar-refractivity contribution in [1.82, 2.24) is 19.9 Å². The average Bonchev–Trinajstić information content (AvgIpc) is 3.20. The normalized spacial score (nSPS) is 10.3. The minimum Gasteiger partial charge on any atom is -0.483 e. The summed E-state index contributed by atoms with van der Waals surface area (Å²) in [6, 6.07) is 10.4. The van der Waals surface area contributed by atoms with Gasteiger partial charge in [0.2, 0.25) is 0 Å². The van der Waals surface area contributed by atoms with Crippen LogP contribution in [0, 0.1) is 0 Å². The number of benzene rings is 1. The highest BCUT2D eigenvalue weighted by atomic mass is 16.5. The molecule has 2 amide bonds. The zero-order chi connectivity index (χ0) is 18.4. The lowest BCUT2D eigenvalue weighted by Gasteiger charge is -2.11. The second kappa shape index (κ2) is 7.93. The Morgan fingerprint density at radius 3 is 2.73 bits per heavy atom. The van der Waals surface area contributed by atoms with Gasteiger partial charge in [0.25, 0.3) is 11.8 Å². The summed E-state index contributed by atoms with van der Waals surface area (Å²) in [5, 5.41) is 2.80. The van der Waals surface area contributed by atoms with Crippen LogP contribution in [0.1, 0.15) is 15.9 Å². The maximum atomic E-state index is 12.4. The number of nitrogens with zero attached hydrogens (tertiary/aromatic N) is 3. The number of rotatable bonds is 7. The monoisotopic (exact) mass is 351 g/mol. The summed E-state index contributed by atoms with van der Waals surface area (Å²) in [6.45, 7) is 0.0180. The average molecular weight is 351 g/mol. The lowest BCUT2D eigenvalue weighted by Crippen LogP contribution is -2.25. The van der Waals surface area contributed by atoms with Gasteiger partial charge in [-0.25, -0.2) is 9.97 Å². The van der Waals surface area contributed by atoms with E-state index in [2.05, 4.69) is 15.3 Å². The van der Waals surface area contributed by atoms with Crippen LogP contribution in [0.2, 0.25) is 0 Å². The molecule has 8 nitrogen and oxygen atoms in total. The molecule has 0 atom stereocenters. The Kier molecular flexibility index (Phi) is 5.23. The summed E-state index contributed by atoms with van der Waals surface area (Å²) in [7, 11) is 0. The first kappa shape index (κ1) is 17.2. The van der Waals surface area contributed by atoms with Gasteiger partial charge in [0.05, 0.1) is 5.56 Å². The van der Waals surface area contributed by atoms with E-state index in [1.807, 2.05) is 12.1 Å². The maximum absolute atomic E-state index is 12.4. The number of amides is 2. The molecule has 0 bridgehead atoms. The van der Waals surface area contributed by atoms with Crippen LogP contribution in [0.5, 0.6) is 5.75 Å². The third kappa shape index (κ3) is 4.23. The molecule has 132 valence electrons. The summed E-state index contributed by atoms with van der Waals surface area (Å²) in [4.78, 5) is 31.6. The highest BCUT2D eigenvalue weighted by Gasteiger charge is 2.12. The number of hydrogen-bond acceptors (Lipinski definition) is 5. The second-order valence-corrected chi connectivity index (χ2v) is 5.43. The molecule has 8 heteroatoms. The molecule has 0 saturated heterocycles. The number of nitrogens with one attached hydrogen (secondary N) is 1. The number of nitrogens with two attached hydrogens (primary N) is 1. The van der Waals surface area contributed by atoms with E-state index in [0.29, 0.717) is 17.9 Å². The van der Waals surface area contributed by atoms with Crippen LogP contribution in [0.4, 0.5) is 0 Å². The topological polar surface area (TPSA) is 112 Å². The van der Waals surface area contributed by atoms with Gasteiger partial charge in [-0.1, -0.05) is 18.2 Å². The Hall–Kier alpha value is -3.68. The molecule has 0 aliphatic rings. The van der Waals surface area contributed by atoms with Crippen molar-refractivity contribution in [2.75, 3.05) is 6.61 Å². The zero-order valence-electron chi connectivity index (χ0n) is 13.8. The minimum atomic E-state index is -0.607. The number of carbonyl (C=O) groups excluding carboxylic acids is 2. The van der Waals surface area contributed by atoms with Gasteiger partial charge in [0.1, 0.15) is 17.9 Å². The Labute approximate surface area is 149 Å². The number of imidazole rings is 1. The van der Waals surface area contributed by atoms with Gasteiger partial charge in [0, 0.05) is 25.1 Å². The molecular weight excluding hydrogens is 334 g/mol. The van der Waals surface area contributed by atoms with Crippen LogP contribution in [-0.2, 0) is 11.3 Å². The largest absolute Gasteiger partial charge is 0.483 e. The highest BCUT2D eigenvalue weighted by Crippen LogP contribution is 2.18. The summed E-state index contributed by atoms with van der Waals surface area (Å²) in [6.07, 6.45) is 6.82. The fourth-order valence-electron chi connectivity index (χ4n) is 2.28. The molecule has 3 rings (SSSR count).